The first-order valence-corrected chi connectivity index (χ1v) is 8.97. The molecule has 3 aromatic rings. The van der Waals surface area contributed by atoms with Crippen molar-refractivity contribution in [3.05, 3.63) is 80.5 Å². The maximum atomic E-state index is 12.2. The van der Waals surface area contributed by atoms with E-state index in [9.17, 15) is 14.9 Å². The minimum Gasteiger partial charge on any atom is -0.366 e. The van der Waals surface area contributed by atoms with Crippen molar-refractivity contribution in [2.75, 3.05) is 5.32 Å². The Hall–Kier alpha value is -3.72. The second kappa shape index (κ2) is 7.02. The van der Waals surface area contributed by atoms with E-state index in [0.29, 0.717) is 33.6 Å². The molecule has 2 aromatic carbocycles. The number of benzene rings is 2. The minimum atomic E-state index is -0.668. The molecule has 0 fully saturated rings. The normalized spacial score (nSPS) is 15.6. The van der Waals surface area contributed by atoms with Crippen LogP contribution in [0.25, 0.3) is 11.4 Å². The number of nitrogens with zero attached hydrogens (tertiary/aromatic N) is 4. The van der Waals surface area contributed by atoms with Gasteiger partial charge in [-0.1, -0.05) is 11.6 Å². The molecule has 2 heterocycles. The maximum Gasteiger partial charge on any atom is 0.269 e. The number of aromatic nitrogens is 3. The van der Waals surface area contributed by atoms with Crippen molar-refractivity contribution in [2.24, 2.45) is 5.73 Å². The van der Waals surface area contributed by atoms with E-state index in [2.05, 4.69) is 15.4 Å². The number of hydrogen-bond acceptors (Lipinski definition) is 6. The number of fused-ring (bicyclic) bond motifs is 1. The second-order valence-electron chi connectivity index (χ2n) is 6.49. The Morgan fingerprint density at radius 1 is 1.21 bits per heavy atom. The van der Waals surface area contributed by atoms with Crippen LogP contribution in [0.5, 0.6) is 0 Å². The summed E-state index contributed by atoms with van der Waals surface area (Å²) >= 11 is 5.95. The lowest BCUT2D eigenvalue weighted by molar-refractivity contribution is -0.384. The summed E-state index contributed by atoms with van der Waals surface area (Å²) in [5, 5.41) is 19.2. The number of nitrogens with two attached hydrogens (primary N) is 1. The van der Waals surface area contributed by atoms with E-state index >= 15 is 0 Å². The van der Waals surface area contributed by atoms with Gasteiger partial charge >= 0.3 is 0 Å². The first-order valence-electron chi connectivity index (χ1n) is 8.59. The van der Waals surface area contributed by atoms with Gasteiger partial charge < -0.3 is 11.1 Å². The molecular formula is C19H15ClN6O3. The van der Waals surface area contributed by atoms with Crippen molar-refractivity contribution < 1.29 is 9.72 Å². The molecule has 1 atom stereocenters. The molecule has 4 rings (SSSR count). The summed E-state index contributed by atoms with van der Waals surface area (Å²) in [5.41, 5.74) is 7.81. The number of hydrogen-bond donors (Lipinski definition) is 2. The van der Waals surface area contributed by atoms with E-state index < -0.39 is 16.9 Å². The van der Waals surface area contributed by atoms with Gasteiger partial charge in [0.2, 0.25) is 11.9 Å². The average molecular weight is 411 g/mol. The van der Waals surface area contributed by atoms with Crippen LogP contribution in [0.1, 0.15) is 18.5 Å². The van der Waals surface area contributed by atoms with Crippen molar-refractivity contribution in [1.29, 1.82) is 0 Å². The molecule has 0 aliphatic carbocycles. The Morgan fingerprint density at radius 3 is 2.45 bits per heavy atom. The van der Waals surface area contributed by atoms with Crippen molar-refractivity contribution in [2.45, 2.75) is 13.0 Å². The van der Waals surface area contributed by atoms with Crippen LogP contribution >= 0.6 is 11.6 Å². The monoisotopic (exact) mass is 410 g/mol. The van der Waals surface area contributed by atoms with Gasteiger partial charge in [-0.25, -0.2) is 4.68 Å². The third-order valence-corrected chi connectivity index (χ3v) is 4.89. The second-order valence-corrected chi connectivity index (χ2v) is 6.93. The summed E-state index contributed by atoms with van der Waals surface area (Å²) < 4.78 is 1.55. The smallest absolute Gasteiger partial charge is 0.269 e. The third kappa shape index (κ3) is 3.32. The predicted molar refractivity (Wildman–Crippen MR) is 107 cm³/mol. The van der Waals surface area contributed by atoms with Gasteiger partial charge in [0.05, 0.1) is 10.5 Å². The standard InChI is InChI=1S/C19H15ClN6O3/c1-10-15(17(21)27)16(11-4-8-14(9-5-11)26(28)29)25-19(22-10)23-18(24-25)12-2-6-13(20)7-3-12/h2-9,16H,1H3,(H2,21,27)(H,22,23,24). The fourth-order valence-electron chi connectivity index (χ4n) is 3.28. The van der Waals surface area contributed by atoms with Gasteiger partial charge in [0, 0.05) is 28.4 Å². The van der Waals surface area contributed by atoms with Gasteiger partial charge in [-0.05, 0) is 48.9 Å². The highest BCUT2D eigenvalue weighted by Gasteiger charge is 2.33. The van der Waals surface area contributed by atoms with Crippen LogP contribution in [0.4, 0.5) is 11.6 Å². The molecule has 10 heteroatoms. The van der Waals surface area contributed by atoms with E-state index in [1.165, 1.54) is 12.1 Å². The van der Waals surface area contributed by atoms with Crippen LogP contribution in [0.2, 0.25) is 5.02 Å². The van der Waals surface area contributed by atoms with E-state index in [4.69, 9.17) is 17.3 Å². The van der Waals surface area contributed by atoms with Gasteiger partial charge in [-0.2, -0.15) is 4.98 Å². The van der Waals surface area contributed by atoms with Gasteiger partial charge in [-0.3, -0.25) is 14.9 Å². The number of allylic oxidation sites excluding steroid dienone is 1. The van der Waals surface area contributed by atoms with Gasteiger partial charge in [0.25, 0.3) is 5.69 Å². The van der Waals surface area contributed by atoms with Crippen LogP contribution in [-0.4, -0.2) is 25.6 Å². The Kier molecular flexibility index (Phi) is 4.51. The number of amides is 1. The Bertz CT molecular complexity index is 1150. The van der Waals surface area contributed by atoms with Gasteiger partial charge in [-0.15, -0.1) is 5.10 Å². The van der Waals surface area contributed by atoms with Crippen molar-refractivity contribution in [3.63, 3.8) is 0 Å². The Morgan fingerprint density at radius 2 is 1.86 bits per heavy atom. The maximum absolute atomic E-state index is 12.2. The fourth-order valence-corrected chi connectivity index (χ4v) is 3.40. The summed E-state index contributed by atoms with van der Waals surface area (Å²) in [7, 11) is 0. The predicted octanol–water partition coefficient (Wildman–Crippen LogP) is 3.28. The summed E-state index contributed by atoms with van der Waals surface area (Å²) in [4.78, 5) is 27.2. The fraction of sp³-hybridized carbons (Fsp3) is 0.105. The molecule has 0 bridgehead atoms. The Labute approximate surface area is 170 Å². The van der Waals surface area contributed by atoms with Crippen LogP contribution in [-0.2, 0) is 4.79 Å². The molecule has 1 amide bonds. The SMILES string of the molecule is CC1=C(C(N)=O)C(c2ccc([N+](=O)[O-])cc2)n2nc(-c3ccc(Cl)cc3)nc2N1. The van der Waals surface area contributed by atoms with E-state index in [-0.39, 0.29) is 5.69 Å². The number of carbonyl (C=O) groups excluding carboxylic acids is 1. The molecule has 0 saturated carbocycles. The molecule has 1 unspecified atom stereocenters. The third-order valence-electron chi connectivity index (χ3n) is 4.64. The van der Waals surface area contributed by atoms with Crippen molar-refractivity contribution in [3.8, 4) is 11.4 Å². The zero-order chi connectivity index (χ0) is 20.7. The van der Waals surface area contributed by atoms with Gasteiger partial charge in [0.1, 0.15) is 6.04 Å². The zero-order valence-electron chi connectivity index (χ0n) is 15.2. The quantitative estimate of drug-likeness (QED) is 0.501. The first-order chi connectivity index (χ1) is 13.8. The number of nitrogens with one attached hydrogen (secondary N) is 1. The molecule has 1 aliphatic heterocycles. The van der Waals surface area contributed by atoms with Crippen LogP contribution in [0.15, 0.2) is 59.8 Å². The number of carbonyl (C=O) groups is 1. The van der Waals surface area contributed by atoms with Crippen molar-refractivity contribution in [1.82, 2.24) is 14.8 Å². The summed E-state index contributed by atoms with van der Waals surface area (Å²) in [6, 6.07) is 12.3. The molecule has 0 saturated heterocycles. The summed E-state index contributed by atoms with van der Waals surface area (Å²) in [5.74, 6) is 0.253. The molecule has 1 aromatic heterocycles. The lowest BCUT2D eigenvalue weighted by Crippen LogP contribution is -2.31. The molecular weight excluding hydrogens is 396 g/mol. The lowest BCUT2D eigenvalue weighted by Gasteiger charge is -2.27. The van der Waals surface area contributed by atoms with Crippen molar-refractivity contribution >= 4 is 29.1 Å². The van der Waals surface area contributed by atoms with E-state index in [1.54, 1.807) is 48.0 Å². The number of primary amides is 1. The molecule has 0 radical (unpaired) electrons. The number of nitro benzene ring substituents is 1. The highest BCUT2D eigenvalue weighted by molar-refractivity contribution is 6.30. The van der Waals surface area contributed by atoms with Crippen LogP contribution in [0.3, 0.4) is 0 Å². The molecule has 29 heavy (non-hydrogen) atoms. The zero-order valence-corrected chi connectivity index (χ0v) is 15.9. The molecule has 9 nitrogen and oxygen atoms in total. The molecule has 1 aliphatic rings. The number of rotatable bonds is 4. The first kappa shape index (κ1) is 18.6. The topological polar surface area (TPSA) is 129 Å². The van der Waals surface area contributed by atoms with E-state index in [0.717, 1.165) is 5.56 Å². The number of nitro groups is 1. The molecule has 146 valence electrons. The summed E-state index contributed by atoms with van der Waals surface area (Å²) in [6.45, 7) is 1.72. The minimum absolute atomic E-state index is 0.0512. The Balaban J connectivity index is 1.84. The highest BCUT2D eigenvalue weighted by atomic mass is 35.5. The number of non-ortho nitro benzene ring substituents is 1. The van der Waals surface area contributed by atoms with Crippen LogP contribution < -0.4 is 11.1 Å². The average Bonchev–Trinajstić information content (AvgIpc) is 3.10. The number of halogens is 1. The summed E-state index contributed by atoms with van der Waals surface area (Å²) in [6.07, 6.45) is 0. The molecule has 3 N–H and O–H groups in total. The van der Waals surface area contributed by atoms with Crippen LogP contribution in [0, 0.1) is 10.1 Å². The van der Waals surface area contributed by atoms with Gasteiger partial charge in [0.15, 0.2) is 5.82 Å². The largest absolute Gasteiger partial charge is 0.366 e. The lowest BCUT2D eigenvalue weighted by atomic mass is 9.95. The molecule has 0 spiro atoms. The number of anilines is 1. The highest BCUT2D eigenvalue weighted by Crippen LogP contribution is 2.36. The van der Waals surface area contributed by atoms with E-state index in [1.807, 2.05) is 0 Å².